The van der Waals surface area contributed by atoms with Gasteiger partial charge >= 0.3 is 0 Å². The molecule has 0 spiro atoms. The van der Waals surface area contributed by atoms with E-state index < -0.39 is 0 Å². The molecule has 3 aromatic rings. The van der Waals surface area contributed by atoms with E-state index in [2.05, 4.69) is 36.5 Å². The van der Waals surface area contributed by atoms with Gasteiger partial charge in [0.1, 0.15) is 5.75 Å². The summed E-state index contributed by atoms with van der Waals surface area (Å²) in [5, 5.41) is 11.4. The van der Waals surface area contributed by atoms with E-state index in [1.54, 1.807) is 10.7 Å². The maximum Gasteiger partial charge on any atom is 0.276 e. The second kappa shape index (κ2) is 12.6. The third-order valence-electron chi connectivity index (χ3n) is 4.92. The van der Waals surface area contributed by atoms with Crippen LogP contribution in [0.3, 0.4) is 0 Å². The van der Waals surface area contributed by atoms with E-state index in [9.17, 15) is 4.79 Å². The Morgan fingerprint density at radius 2 is 1.88 bits per heavy atom. The lowest BCUT2D eigenvalue weighted by atomic mass is 10.2. The minimum Gasteiger partial charge on any atom is -0.493 e. The SMILES string of the molecule is CCNCc1ccc(NC(=O)c2cc(C)n(Cc3cc(Cl)ccc3OCC(C)C)n2)cc1.Cl. The molecule has 1 aromatic heterocycles. The Hall–Kier alpha value is -2.54. The van der Waals surface area contributed by atoms with Gasteiger partial charge in [0.2, 0.25) is 0 Å². The first-order valence-corrected chi connectivity index (χ1v) is 11.3. The molecule has 0 bridgehead atoms. The first-order valence-electron chi connectivity index (χ1n) is 10.9. The summed E-state index contributed by atoms with van der Waals surface area (Å²) in [6.45, 7) is 11.0. The molecule has 8 heteroatoms. The third kappa shape index (κ3) is 7.77. The van der Waals surface area contributed by atoms with Gasteiger partial charge in [-0.2, -0.15) is 5.10 Å². The number of nitrogens with one attached hydrogen (secondary N) is 2. The van der Waals surface area contributed by atoms with Gasteiger partial charge in [0.15, 0.2) is 5.69 Å². The second-order valence-electron chi connectivity index (χ2n) is 8.22. The van der Waals surface area contributed by atoms with Crippen molar-refractivity contribution >= 4 is 35.6 Å². The number of hydrogen-bond acceptors (Lipinski definition) is 4. The third-order valence-corrected chi connectivity index (χ3v) is 5.15. The number of hydrogen-bond donors (Lipinski definition) is 2. The summed E-state index contributed by atoms with van der Waals surface area (Å²) in [7, 11) is 0. The van der Waals surface area contributed by atoms with Crippen LogP contribution in [0.25, 0.3) is 0 Å². The van der Waals surface area contributed by atoms with Gasteiger partial charge in [0.05, 0.1) is 13.2 Å². The number of rotatable bonds is 10. The van der Waals surface area contributed by atoms with E-state index in [4.69, 9.17) is 16.3 Å². The Morgan fingerprint density at radius 1 is 1.15 bits per heavy atom. The molecule has 0 aliphatic rings. The monoisotopic (exact) mass is 490 g/mol. The quantitative estimate of drug-likeness (QED) is 0.381. The number of benzene rings is 2. The zero-order valence-corrected chi connectivity index (χ0v) is 21.1. The predicted molar refractivity (Wildman–Crippen MR) is 137 cm³/mol. The molecule has 0 aliphatic heterocycles. The van der Waals surface area contributed by atoms with Crippen LogP contribution in [0.5, 0.6) is 5.75 Å². The molecule has 178 valence electrons. The van der Waals surface area contributed by atoms with Crippen LogP contribution in [0.4, 0.5) is 5.69 Å². The maximum atomic E-state index is 12.7. The number of nitrogens with zero attached hydrogens (tertiary/aromatic N) is 2. The first-order chi connectivity index (χ1) is 15.4. The number of carbonyl (C=O) groups excluding carboxylic acids is 1. The first kappa shape index (κ1) is 26.7. The van der Waals surface area contributed by atoms with Crippen LogP contribution in [-0.2, 0) is 13.1 Å². The number of aromatic nitrogens is 2. The highest BCUT2D eigenvalue weighted by Gasteiger charge is 2.15. The van der Waals surface area contributed by atoms with Crippen LogP contribution >= 0.6 is 24.0 Å². The van der Waals surface area contributed by atoms with Crippen molar-refractivity contribution in [1.82, 2.24) is 15.1 Å². The molecular formula is C25H32Cl2N4O2. The lowest BCUT2D eigenvalue weighted by molar-refractivity contribution is 0.102. The van der Waals surface area contributed by atoms with Crippen LogP contribution < -0.4 is 15.4 Å². The van der Waals surface area contributed by atoms with Gasteiger partial charge in [-0.3, -0.25) is 9.48 Å². The summed E-state index contributed by atoms with van der Waals surface area (Å²) in [5.74, 6) is 0.951. The van der Waals surface area contributed by atoms with Crippen molar-refractivity contribution in [2.45, 2.75) is 40.8 Å². The second-order valence-corrected chi connectivity index (χ2v) is 8.65. The van der Waals surface area contributed by atoms with Gasteiger partial charge in [-0.15, -0.1) is 12.4 Å². The highest BCUT2D eigenvalue weighted by Crippen LogP contribution is 2.25. The summed E-state index contributed by atoms with van der Waals surface area (Å²) in [5.41, 5.74) is 4.08. The number of ether oxygens (including phenoxy) is 1. The zero-order valence-electron chi connectivity index (χ0n) is 19.5. The number of aryl methyl sites for hydroxylation is 1. The van der Waals surface area contributed by atoms with Gasteiger partial charge in [0, 0.05) is 28.5 Å². The van der Waals surface area contributed by atoms with Crippen LogP contribution in [0.15, 0.2) is 48.5 Å². The molecule has 0 radical (unpaired) electrons. The highest BCUT2D eigenvalue weighted by molar-refractivity contribution is 6.30. The molecule has 2 aromatic carbocycles. The summed E-state index contributed by atoms with van der Waals surface area (Å²) in [6.07, 6.45) is 0. The number of carbonyl (C=O) groups is 1. The van der Waals surface area contributed by atoms with E-state index in [1.807, 2.05) is 49.4 Å². The molecule has 0 fully saturated rings. The Kier molecular flexibility index (Phi) is 10.2. The van der Waals surface area contributed by atoms with E-state index in [-0.39, 0.29) is 18.3 Å². The summed E-state index contributed by atoms with van der Waals surface area (Å²) >= 11 is 6.22. The minimum atomic E-state index is -0.242. The zero-order chi connectivity index (χ0) is 23.1. The van der Waals surface area contributed by atoms with Crippen molar-refractivity contribution in [1.29, 1.82) is 0 Å². The molecule has 0 saturated carbocycles. The van der Waals surface area contributed by atoms with Gasteiger partial charge in [-0.1, -0.05) is 44.5 Å². The van der Waals surface area contributed by atoms with E-state index in [0.717, 1.165) is 35.8 Å². The standard InChI is InChI=1S/C25H31ClN4O2.ClH/c1-5-27-14-19-6-9-22(10-7-19)28-25(31)23-12-18(4)30(29-23)15-20-13-21(26)8-11-24(20)32-16-17(2)3;/h6-13,17,27H,5,14-16H2,1-4H3,(H,28,31);1H. The summed E-state index contributed by atoms with van der Waals surface area (Å²) < 4.78 is 7.74. The number of halogens is 2. The van der Waals surface area contributed by atoms with Gasteiger partial charge < -0.3 is 15.4 Å². The van der Waals surface area contributed by atoms with Crippen LogP contribution in [0, 0.1) is 12.8 Å². The molecule has 6 nitrogen and oxygen atoms in total. The largest absolute Gasteiger partial charge is 0.493 e. The van der Waals surface area contributed by atoms with E-state index in [0.29, 0.717) is 29.8 Å². The van der Waals surface area contributed by atoms with Crippen molar-refractivity contribution in [3.63, 3.8) is 0 Å². The van der Waals surface area contributed by atoms with Gasteiger partial charge in [-0.05, 0) is 61.3 Å². The average Bonchev–Trinajstić information content (AvgIpc) is 3.13. The summed E-state index contributed by atoms with van der Waals surface area (Å²) in [4.78, 5) is 12.7. The van der Waals surface area contributed by atoms with Crippen LogP contribution in [0.1, 0.15) is 48.1 Å². The molecule has 0 saturated heterocycles. The van der Waals surface area contributed by atoms with E-state index >= 15 is 0 Å². The van der Waals surface area contributed by atoms with Gasteiger partial charge in [0.25, 0.3) is 5.91 Å². The fourth-order valence-electron chi connectivity index (χ4n) is 3.18. The highest BCUT2D eigenvalue weighted by atomic mass is 35.5. The van der Waals surface area contributed by atoms with Crippen molar-refractivity contribution < 1.29 is 9.53 Å². The molecule has 1 heterocycles. The normalized spacial score (nSPS) is 10.7. The van der Waals surface area contributed by atoms with Gasteiger partial charge in [-0.25, -0.2) is 0 Å². The van der Waals surface area contributed by atoms with Crippen LogP contribution in [0.2, 0.25) is 5.02 Å². The van der Waals surface area contributed by atoms with Crippen molar-refractivity contribution in [3.8, 4) is 5.75 Å². The topological polar surface area (TPSA) is 68.2 Å². The number of amides is 1. The molecular weight excluding hydrogens is 459 g/mol. The molecule has 2 N–H and O–H groups in total. The Balaban J connectivity index is 0.00000385. The number of anilines is 1. The van der Waals surface area contributed by atoms with Crippen molar-refractivity contribution in [3.05, 3.63) is 76.1 Å². The molecule has 0 atom stereocenters. The Bertz CT molecular complexity index is 1050. The molecule has 1 amide bonds. The predicted octanol–water partition coefficient (Wildman–Crippen LogP) is 5.71. The maximum absolute atomic E-state index is 12.7. The molecule has 3 rings (SSSR count). The van der Waals surface area contributed by atoms with Crippen molar-refractivity contribution in [2.24, 2.45) is 5.92 Å². The molecule has 33 heavy (non-hydrogen) atoms. The lowest BCUT2D eigenvalue weighted by Crippen LogP contribution is -2.14. The van der Waals surface area contributed by atoms with Crippen molar-refractivity contribution in [2.75, 3.05) is 18.5 Å². The van der Waals surface area contributed by atoms with Crippen LogP contribution in [-0.4, -0.2) is 28.8 Å². The molecule has 0 aliphatic carbocycles. The smallest absolute Gasteiger partial charge is 0.276 e. The average molecular weight is 491 g/mol. The van der Waals surface area contributed by atoms with E-state index in [1.165, 1.54) is 5.56 Å². The fourth-order valence-corrected chi connectivity index (χ4v) is 3.38. The Labute approximate surface area is 207 Å². The fraction of sp³-hybridized carbons (Fsp3) is 0.360. The lowest BCUT2D eigenvalue weighted by Gasteiger charge is -2.14. The molecule has 0 unspecified atom stereocenters. The minimum absolute atomic E-state index is 0. The summed E-state index contributed by atoms with van der Waals surface area (Å²) in [6, 6.07) is 15.2. The Morgan fingerprint density at radius 3 is 2.55 bits per heavy atom.